The van der Waals surface area contributed by atoms with Crippen LogP contribution in [0.25, 0.3) is 0 Å². The second-order valence-corrected chi connectivity index (χ2v) is 7.22. The lowest BCUT2D eigenvalue weighted by Gasteiger charge is -2.18. The predicted molar refractivity (Wildman–Crippen MR) is 95.4 cm³/mol. The predicted octanol–water partition coefficient (Wildman–Crippen LogP) is 4.70. The Hall–Kier alpha value is -0.620. The molecule has 0 saturated carbocycles. The number of nitrogens with zero attached hydrogens (tertiary/aromatic N) is 2. The van der Waals surface area contributed by atoms with E-state index in [0.717, 1.165) is 46.9 Å². The highest BCUT2D eigenvalue weighted by Crippen LogP contribution is 2.24. The van der Waals surface area contributed by atoms with Crippen LogP contribution < -0.4 is 10.2 Å². The summed E-state index contributed by atoms with van der Waals surface area (Å²) in [5.74, 6) is 0.942. The van der Waals surface area contributed by atoms with Crippen molar-refractivity contribution in [2.75, 3.05) is 18.5 Å². The third kappa shape index (κ3) is 4.95. The second-order valence-electron chi connectivity index (χ2n) is 4.90. The lowest BCUT2D eigenvalue weighted by atomic mass is 10.2. The van der Waals surface area contributed by atoms with Crippen molar-refractivity contribution < 1.29 is 0 Å². The van der Waals surface area contributed by atoms with Gasteiger partial charge in [-0.3, -0.25) is 0 Å². The quantitative estimate of drug-likeness (QED) is 0.697. The van der Waals surface area contributed by atoms with Crippen LogP contribution in [-0.4, -0.2) is 18.6 Å². The minimum atomic E-state index is 0.717. The van der Waals surface area contributed by atoms with Crippen LogP contribution in [0.15, 0.2) is 28.2 Å². The Morgan fingerprint density at radius 3 is 2.90 bits per heavy atom. The molecule has 3 nitrogen and oxygen atoms in total. The molecule has 0 radical (unpaired) electrons. The number of pyridine rings is 1. The first-order valence-electron chi connectivity index (χ1n) is 6.89. The van der Waals surface area contributed by atoms with Gasteiger partial charge in [0.05, 0.1) is 11.6 Å². The SMILES string of the molecule is CCCNCc1cc(N(C)Cc2cc(Br)cs2)ncc1Cl. The molecule has 0 aliphatic heterocycles. The van der Waals surface area contributed by atoms with Crippen LogP contribution >= 0.6 is 38.9 Å². The van der Waals surface area contributed by atoms with E-state index in [1.54, 1.807) is 17.5 Å². The van der Waals surface area contributed by atoms with Gasteiger partial charge < -0.3 is 10.2 Å². The summed E-state index contributed by atoms with van der Waals surface area (Å²) in [4.78, 5) is 7.86. The number of rotatable bonds is 7. The molecule has 114 valence electrons. The fraction of sp³-hybridized carbons (Fsp3) is 0.400. The van der Waals surface area contributed by atoms with Gasteiger partial charge >= 0.3 is 0 Å². The number of aromatic nitrogens is 1. The van der Waals surface area contributed by atoms with E-state index in [0.29, 0.717) is 0 Å². The first-order valence-corrected chi connectivity index (χ1v) is 8.94. The van der Waals surface area contributed by atoms with Crippen LogP contribution in [0.1, 0.15) is 23.8 Å². The van der Waals surface area contributed by atoms with E-state index in [1.807, 2.05) is 7.05 Å². The van der Waals surface area contributed by atoms with Gasteiger partial charge in [-0.05, 0) is 46.6 Å². The molecule has 1 N–H and O–H groups in total. The number of hydrogen-bond donors (Lipinski definition) is 1. The van der Waals surface area contributed by atoms with Gasteiger partial charge in [-0.15, -0.1) is 11.3 Å². The van der Waals surface area contributed by atoms with E-state index in [2.05, 4.69) is 55.6 Å². The van der Waals surface area contributed by atoms with E-state index >= 15 is 0 Å². The van der Waals surface area contributed by atoms with Crippen LogP contribution in [0.5, 0.6) is 0 Å². The molecule has 0 aliphatic rings. The maximum atomic E-state index is 6.22. The summed E-state index contributed by atoms with van der Waals surface area (Å²) in [5, 5.41) is 6.19. The third-order valence-electron chi connectivity index (χ3n) is 3.07. The van der Waals surface area contributed by atoms with E-state index in [9.17, 15) is 0 Å². The topological polar surface area (TPSA) is 28.2 Å². The zero-order valence-corrected chi connectivity index (χ0v) is 15.4. The third-order valence-corrected chi connectivity index (χ3v) is 5.09. The standard InChI is InChI=1S/C15H19BrClN3S/c1-3-4-18-7-11-5-15(19-8-14(11)17)20(2)9-13-6-12(16)10-21-13/h5-6,8,10,18H,3-4,7,9H2,1-2H3. The van der Waals surface area contributed by atoms with Crippen LogP contribution in [0.3, 0.4) is 0 Å². The average Bonchev–Trinajstić information content (AvgIpc) is 2.86. The second kappa shape index (κ2) is 8.13. The highest BCUT2D eigenvalue weighted by Gasteiger charge is 2.09. The van der Waals surface area contributed by atoms with Crippen molar-refractivity contribution >= 4 is 44.7 Å². The summed E-state index contributed by atoms with van der Waals surface area (Å²) < 4.78 is 1.13. The van der Waals surface area contributed by atoms with E-state index in [1.165, 1.54) is 4.88 Å². The molecule has 0 amide bonds. The fourth-order valence-electron chi connectivity index (χ4n) is 1.96. The summed E-state index contributed by atoms with van der Waals surface area (Å²) >= 11 is 11.4. The van der Waals surface area contributed by atoms with Crippen molar-refractivity contribution in [2.24, 2.45) is 0 Å². The Labute approximate surface area is 143 Å². The molecule has 0 atom stereocenters. The molecule has 0 unspecified atom stereocenters. The largest absolute Gasteiger partial charge is 0.355 e. The molecule has 2 rings (SSSR count). The number of anilines is 1. The van der Waals surface area contributed by atoms with Gasteiger partial charge in [-0.25, -0.2) is 4.98 Å². The Kier molecular flexibility index (Phi) is 6.48. The molecule has 2 aromatic rings. The maximum Gasteiger partial charge on any atom is 0.128 e. The molecule has 0 fully saturated rings. The molecular formula is C15H19BrClN3S. The molecule has 21 heavy (non-hydrogen) atoms. The zero-order valence-electron chi connectivity index (χ0n) is 12.2. The molecular weight excluding hydrogens is 370 g/mol. The van der Waals surface area contributed by atoms with Crippen LogP contribution in [0.2, 0.25) is 5.02 Å². The Morgan fingerprint density at radius 2 is 2.24 bits per heavy atom. The molecule has 0 bridgehead atoms. The molecule has 0 spiro atoms. The van der Waals surface area contributed by atoms with Gasteiger partial charge in [0.25, 0.3) is 0 Å². The molecule has 2 heterocycles. The summed E-state index contributed by atoms with van der Waals surface area (Å²) in [6.45, 7) is 4.76. The molecule has 6 heteroatoms. The van der Waals surface area contributed by atoms with Gasteiger partial charge in [0.2, 0.25) is 0 Å². The lowest BCUT2D eigenvalue weighted by Crippen LogP contribution is -2.18. The number of thiophene rings is 1. The fourth-order valence-corrected chi connectivity index (χ4v) is 3.64. The van der Waals surface area contributed by atoms with E-state index < -0.39 is 0 Å². The van der Waals surface area contributed by atoms with Gasteiger partial charge in [-0.1, -0.05) is 18.5 Å². The first kappa shape index (κ1) is 16.7. The average molecular weight is 389 g/mol. The smallest absolute Gasteiger partial charge is 0.128 e. The van der Waals surface area contributed by atoms with Crippen molar-refractivity contribution in [3.63, 3.8) is 0 Å². The highest BCUT2D eigenvalue weighted by molar-refractivity contribution is 9.10. The summed E-state index contributed by atoms with van der Waals surface area (Å²) in [6, 6.07) is 4.20. The number of halogens is 2. The van der Waals surface area contributed by atoms with Crippen LogP contribution in [-0.2, 0) is 13.1 Å². The van der Waals surface area contributed by atoms with Crippen LogP contribution in [0.4, 0.5) is 5.82 Å². The molecule has 0 saturated heterocycles. The van der Waals surface area contributed by atoms with Gasteiger partial charge in [0, 0.05) is 34.5 Å². The minimum absolute atomic E-state index is 0.717. The van der Waals surface area contributed by atoms with Crippen molar-refractivity contribution in [2.45, 2.75) is 26.4 Å². The molecule has 0 aromatic carbocycles. The number of nitrogens with one attached hydrogen (secondary N) is 1. The molecule has 2 aromatic heterocycles. The Bertz CT molecular complexity index is 588. The maximum absolute atomic E-state index is 6.22. The zero-order chi connectivity index (χ0) is 15.2. The lowest BCUT2D eigenvalue weighted by molar-refractivity contribution is 0.674. The van der Waals surface area contributed by atoms with Crippen molar-refractivity contribution in [1.29, 1.82) is 0 Å². The Morgan fingerprint density at radius 1 is 1.43 bits per heavy atom. The van der Waals surface area contributed by atoms with Gasteiger partial charge in [-0.2, -0.15) is 0 Å². The molecule has 0 aliphatic carbocycles. The van der Waals surface area contributed by atoms with Gasteiger partial charge in [0.1, 0.15) is 5.82 Å². The highest BCUT2D eigenvalue weighted by atomic mass is 79.9. The minimum Gasteiger partial charge on any atom is -0.355 e. The van der Waals surface area contributed by atoms with Crippen molar-refractivity contribution in [1.82, 2.24) is 10.3 Å². The van der Waals surface area contributed by atoms with Crippen molar-refractivity contribution in [3.05, 3.63) is 43.6 Å². The number of hydrogen-bond acceptors (Lipinski definition) is 4. The normalized spacial score (nSPS) is 10.9. The Balaban J connectivity index is 2.06. The monoisotopic (exact) mass is 387 g/mol. The van der Waals surface area contributed by atoms with Crippen LogP contribution in [0, 0.1) is 0 Å². The van der Waals surface area contributed by atoms with E-state index in [4.69, 9.17) is 11.6 Å². The summed E-state index contributed by atoms with van der Waals surface area (Å²) in [7, 11) is 2.05. The first-order chi connectivity index (χ1) is 10.1. The van der Waals surface area contributed by atoms with Crippen molar-refractivity contribution in [3.8, 4) is 0 Å². The summed E-state index contributed by atoms with van der Waals surface area (Å²) in [6.07, 6.45) is 2.85. The summed E-state index contributed by atoms with van der Waals surface area (Å²) in [5.41, 5.74) is 1.09. The van der Waals surface area contributed by atoms with Gasteiger partial charge in [0.15, 0.2) is 0 Å². The van der Waals surface area contributed by atoms with E-state index in [-0.39, 0.29) is 0 Å².